The minimum absolute atomic E-state index is 0.0747. The van der Waals surface area contributed by atoms with Crippen LogP contribution in [0.3, 0.4) is 0 Å². The van der Waals surface area contributed by atoms with Crippen molar-refractivity contribution >= 4 is 9.84 Å². The van der Waals surface area contributed by atoms with Crippen LogP contribution in [0.4, 0.5) is 0 Å². The molecule has 0 amide bonds. The second-order valence-electron chi connectivity index (χ2n) is 4.93. The number of sulfone groups is 1. The van der Waals surface area contributed by atoms with Gasteiger partial charge in [0.15, 0.2) is 9.84 Å². The van der Waals surface area contributed by atoms with E-state index in [0.717, 1.165) is 18.4 Å². The monoisotopic (exact) mass is 278 g/mol. The molecule has 0 saturated heterocycles. The Morgan fingerprint density at radius 1 is 1.16 bits per heavy atom. The molecule has 0 aliphatic heterocycles. The van der Waals surface area contributed by atoms with Gasteiger partial charge in [-0.15, -0.1) is 0 Å². The van der Waals surface area contributed by atoms with Crippen LogP contribution in [0.5, 0.6) is 0 Å². The van der Waals surface area contributed by atoms with Gasteiger partial charge in [0.2, 0.25) is 0 Å². The van der Waals surface area contributed by atoms with Crippen molar-refractivity contribution in [2.45, 2.75) is 38.5 Å². The Balaban J connectivity index is 2.57. The van der Waals surface area contributed by atoms with Gasteiger partial charge in [0.05, 0.1) is 10.6 Å². The van der Waals surface area contributed by atoms with E-state index < -0.39 is 9.84 Å². The largest absolute Gasteiger partial charge is 0.223 e. The number of unbranched alkanes of at least 4 members (excludes halogenated alkanes) is 1. The Bertz CT molecular complexity index is 562. The van der Waals surface area contributed by atoms with Crippen molar-refractivity contribution in [3.8, 4) is 0 Å². The van der Waals surface area contributed by atoms with Crippen molar-refractivity contribution in [2.75, 3.05) is 5.75 Å². The van der Waals surface area contributed by atoms with Gasteiger partial charge in [-0.1, -0.05) is 35.9 Å². The highest BCUT2D eigenvalue weighted by Crippen LogP contribution is 2.13. The molecule has 104 valence electrons. The average Bonchev–Trinajstić information content (AvgIpc) is 2.33. The van der Waals surface area contributed by atoms with Crippen LogP contribution in [0, 0.1) is 6.92 Å². The normalized spacial score (nSPS) is 11.7. The Hall–Kier alpha value is -1.35. The third-order valence-electron chi connectivity index (χ3n) is 2.72. The van der Waals surface area contributed by atoms with Crippen LogP contribution in [0.25, 0.3) is 0 Å². The Morgan fingerprint density at radius 3 is 2.53 bits per heavy atom. The molecule has 0 saturated carbocycles. The van der Waals surface area contributed by atoms with E-state index in [1.54, 1.807) is 24.3 Å². The molecule has 3 heteroatoms. The fraction of sp³-hybridized carbons (Fsp3) is 0.375. The molecule has 0 aromatic heterocycles. The number of rotatable bonds is 6. The average molecular weight is 278 g/mol. The van der Waals surface area contributed by atoms with E-state index in [2.05, 4.69) is 19.9 Å². The summed E-state index contributed by atoms with van der Waals surface area (Å²) in [7, 11) is -3.19. The third kappa shape index (κ3) is 5.88. The summed E-state index contributed by atoms with van der Waals surface area (Å²) in [5.41, 5.74) is 2.26. The van der Waals surface area contributed by atoms with Crippen LogP contribution in [-0.2, 0) is 9.84 Å². The van der Waals surface area contributed by atoms with Gasteiger partial charge in [-0.05, 0) is 51.3 Å². The van der Waals surface area contributed by atoms with E-state index in [1.165, 1.54) is 5.57 Å². The van der Waals surface area contributed by atoms with E-state index >= 15 is 0 Å². The SMILES string of the molecule is CC(C)=CCCC=CCS(=O)(=O)c1cccc(C)c1. The lowest BCUT2D eigenvalue weighted by molar-refractivity contribution is 0.599. The van der Waals surface area contributed by atoms with Gasteiger partial charge in [0.25, 0.3) is 0 Å². The summed E-state index contributed by atoms with van der Waals surface area (Å²) >= 11 is 0. The van der Waals surface area contributed by atoms with Gasteiger partial charge in [-0.2, -0.15) is 0 Å². The quantitative estimate of drug-likeness (QED) is 0.580. The zero-order valence-corrected chi connectivity index (χ0v) is 12.7. The molecule has 1 aromatic rings. The molecular formula is C16H22O2S. The summed E-state index contributed by atoms with van der Waals surface area (Å²) in [6.07, 6.45) is 7.68. The molecule has 2 nitrogen and oxygen atoms in total. The molecule has 1 rings (SSSR count). The Kier molecular flexibility index (Phi) is 6.03. The first-order valence-electron chi connectivity index (χ1n) is 6.49. The Morgan fingerprint density at radius 2 is 1.89 bits per heavy atom. The molecule has 0 fully saturated rings. The van der Waals surface area contributed by atoms with Gasteiger partial charge < -0.3 is 0 Å². The molecular weight excluding hydrogens is 256 g/mol. The first-order chi connectivity index (χ1) is 8.92. The van der Waals surface area contributed by atoms with Crippen molar-refractivity contribution in [1.82, 2.24) is 0 Å². The van der Waals surface area contributed by atoms with Gasteiger partial charge in [0, 0.05) is 0 Å². The minimum Gasteiger partial charge on any atom is -0.223 e. The summed E-state index contributed by atoms with van der Waals surface area (Å²) in [4.78, 5) is 0.404. The molecule has 0 N–H and O–H groups in total. The van der Waals surface area contributed by atoms with Gasteiger partial charge in [0.1, 0.15) is 0 Å². The molecule has 19 heavy (non-hydrogen) atoms. The zero-order valence-electron chi connectivity index (χ0n) is 11.9. The second-order valence-corrected chi connectivity index (χ2v) is 6.96. The maximum absolute atomic E-state index is 12.1. The highest BCUT2D eigenvalue weighted by atomic mass is 32.2. The standard InChI is InChI=1S/C16H22O2S/c1-14(2)9-6-4-5-7-12-19(17,18)16-11-8-10-15(3)13-16/h5,7-11,13H,4,6,12H2,1-3H3. The maximum Gasteiger partial charge on any atom is 0.181 e. The van der Waals surface area contributed by atoms with Crippen LogP contribution < -0.4 is 0 Å². The summed E-state index contributed by atoms with van der Waals surface area (Å²) < 4.78 is 24.1. The van der Waals surface area contributed by atoms with Crippen LogP contribution in [0.2, 0.25) is 0 Å². The van der Waals surface area contributed by atoms with Gasteiger partial charge in [-0.25, -0.2) is 8.42 Å². The van der Waals surface area contributed by atoms with Crippen molar-refractivity contribution in [1.29, 1.82) is 0 Å². The highest BCUT2D eigenvalue weighted by Gasteiger charge is 2.11. The summed E-state index contributed by atoms with van der Waals surface area (Å²) in [6.45, 7) is 6.02. The molecule has 0 spiro atoms. The topological polar surface area (TPSA) is 34.1 Å². The fourth-order valence-corrected chi connectivity index (χ4v) is 2.92. The van der Waals surface area contributed by atoms with Crippen molar-refractivity contribution in [3.63, 3.8) is 0 Å². The lowest BCUT2D eigenvalue weighted by Crippen LogP contribution is -2.04. The van der Waals surface area contributed by atoms with E-state index in [-0.39, 0.29) is 5.75 Å². The smallest absolute Gasteiger partial charge is 0.181 e. The minimum atomic E-state index is -3.19. The molecule has 0 unspecified atom stereocenters. The van der Waals surface area contributed by atoms with Crippen LogP contribution in [0.1, 0.15) is 32.3 Å². The van der Waals surface area contributed by atoms with Crippen molar-refractivity contribution in [2.24, 2.45) is 0 Å². The van der Waals surface area contributed by atoms with Crippen LogP contribution in [0.15, 0.2) is 53.0 Å². The molecule has 1 aromatic carbocycles. The van der Waals surface area contributed by atoms with E-state index in [0.29, 0.717) is 4.90 Å². The van der Waals surface area contributed by atoms with Gasteiger partial charge >= 0.3 is 0 Å². The van der Waals surface area contributed by atoms with E-state index in [9.17, 15) is 8.42 Å². The Labute approximate surface area is 116 Å². The number of hydrogen-bond donors (Lipinski definition) is 0. The maximum atomic E-state index is 12.1. The number of aryl methyl sites for hydroxylation is 1. The van der Waals surface area contributed by atoms with Crippen molar-refractivity contribution in [3.05, 3.63) is 53.6 Å². The predicted molar refractivity (Wildman–Crippen MR) is 81.0 cm³/mol. The first kappa shape index (κ1) is 15.7. The molecule has 0 atom stereocenters. The fourth-order valence-electron chi connectivity index (χ4n) is 1.69. The zero-order chi connectivity index (χ0) is 14.3. The summed E-state index contributed by atoms with van der Waals surface area (Å²) in [5.74, 6) is 0.0747. The highest BCUT2D eigenvalue weighted by molar-refractivity contribution is 7.91. The number of hydrogen-bond acceptors (Lipinski definition) is 2. The molecule has 0 bridgehead atoms. The second kappa shape index (κ2) is 7.29. The number of allylic oxidation sites excluding steroid dienone is 3. The molecule has 0 aliphatic carbocycles. The summed E-state index contributed by atoms with van der Waals surface area (Å²) in [6, 6.07) is 7.04. The van der Waals surface area contributed by atoms with E-state index in [4.69, 9.17) is 0 Å². The molecule has 0 aliphatic rings. The van der Waals surface area contributed by atoms with Crippen LogP contribution in [-0.4, -0.2) is 14.2 Å². The van der Waals surface area contributed by atoms with E-state index in [1.807, 2.05) is 19.1 Å². The third-order valence-corrected chi connectivity index (χ3v) is 4.32. The van der Waals surface area contributed by atoms with Crippen molar-refractivity contribution < 1.29 is 8.42 Å². The first-order valence-corrected chi connectivity index (χ1v) is 8.15. The van der Waals surface area contributed by atoms with Gasteiger partial charge in [-0.3, -0.25) is 0 Å². The predicted octanol–water partition coefficient (Wildman–Crippen LogP) is 4.07. The molecule has 0 radical (unpaired) electrons. The number of benzene rings is 1. The lowest BCUT2D eigenvalue weighted by Gasteiger charge is -2.02. The summed E-state index contributed by atoms with van der Waals surface area (Å²) in [5, 5.41) is 0. The van der Waals surface area contributed by atoms with Crippen LogP contribution >= 0.6 is 0 Å². The lowest BCUT2D eigenvalue weighted by atomic mass is 10.2. The molecule has 0 heterocycles.